The zero-order valence-corrected chi connectivity index (χ0v) is 20.1. The molecule has 3 heterocycles. The molecular weight excluding hydrogens is 412 g/mol. The molecule has 0 unspecified atom stereocenters. The van der Waals surface area contributed by atoms with Crippen LogP contribution in [-0.4, -0.2) is 70.0 Å². The Balaban J connectivity index is 1.85. The van der Waals surface area contributed by atoms with Gasteiger partial charge < -0.3 is 24.4 Å². The topological polar surface area (TPSA) is 104 Å². The van der Waals surface area contributed by atoms with E-state index in [4.69, 9.17) is 14.2 Å². The maximum atomic E-state index is 12.6. The summed E-state index contributed by atoms with van der Waals surface area (Å²) in [5.41, 5.74) is 0.775. The van der Waals surface area contributed by atoms with Gasteiger partial charge >= 0.3 is 12.1 Å². The minimum absolute atomic E-state index is 0.222. The predicted molar refractivity (Wildman–Crippen MR) is 122 cm³/mol. The number of nitrogens with one attached hydrogen (secondary N) is 1. The first-order chi connectivity index (χ1) is 15.3. The molecule has 32 heavy (non-hydrogen) atoms. The van der Waals surface area contributed by atoms with Crippen molar-refractivity contribution < 1.29 is 19.0 Å². The van der Waals surface area contributed by atoms with Crippen LogP contribution in [0.15, 0.2) is 0 Å². The number of carbonyl (C=O) groups excluding carboxylic acids is 1. The van der Waals surface area contributed by atoms with Gasteiger partial charge in [0.05, 0.1) is 13.7 Å². The van der Waals surface area contributed by atoms with Crippen molar-refractivity contribution in [3.8, 4) is 12.0 Å². The van der Waals surface area contributed by atoms with Gasteiger partial charge in [-0.15, -0.1) is 0 Å². The fourth-order valence-corrected chi connectivity index (χ4v) is 3.79. The number of hydrogen-bond donors (Lipinski definition) is 1. The van der Waals surface area contributed by atoms with Crippen LogP contribution in [0, 0.1) is 5.92 Å². The van der Waals surface area contributed by atoms with Gasteiger partial charge in [0.25, 0.3) is 6.01 Å². The maximum absolute atomic E-state index is 12.6. The number of carbonyl (C=O) groups is 1. The quantitative estimate of drug-likeness (QED) is 0.610. The molecule has 3 rings (SSSR count). The Morgan fingerprint density at radius 3 is 2.69 bits per heavy atom. The van der Waals surface area contributed by atoms with Gasteiger partial charge in [-0.1, -0.05) is 13.3 Å². The van der Waals surface area contributed by atoms with E-state index in [0.717, 1.165) is 25.7 Å². The van der Waals surface area contributed by atoms with E-state index in [1.54, 1.807) is 19.1 Å². The molecule has 1 atom stereocenters. The number of anilines is 1. The standard InChI is InChI=1S/C22H36N6O4/c1-7-8-12-31-19-25-17(23-5)16-18(26-19)28(20(24-16)30-6)14-15-10-9-11-27(13-15)21(29)32-22(2,3)4/h15H,7-14H2,1-6H3,(H,23,25,26)/t15-/m0/s1. The zero-order valence-electron chi connectivity index (χ0n) is 20.1. The maximum Gasteiger partial charge on any atom is 0.410 e. The molecule has 0 aliphatic carbocycles. The van der Waals surface area contributed by atoms with E-state index in [9.17, 15) is 4.79 Å². The molecule has 0 spiro atoms. The first-order valence-electron chi connectivity index (χ1n) is 11.4. The third-order valence-electron chi connectivity index (χ3n) is 5.30. The van der Waals surface area contributed by atoms with Crippen LogP contribution in [0.2, 0.25) is 0 Å². The van der Waals surface area contributed by atoms with Crippen LogP contribution in [-0.2, 0) is 11.3 Å². The molecule has 10 nitrogen and oxygen atoms in total. The van der Waals surface area contributed by atoms with Gasteiger partial charge in [0.15, 0.2) is 17.0 Å². The van der Waals surface area contributed by atoms with Crippen molar-refractivity contribution in [3.63, 3.8) is 0 Å². The Morgan fingerprint density at radius 2 is 2.03 bits per heavy atom. The van der Waals surface area contributed by atoms with Crippen LogP contribution in [0.1, 0.15) is 53.4 Å². The lowest BCUT2D eigenvalue weighted by molar-refractivity contribution is 0.0157. The van der Waals surface area contributed by atoms with E-state index in [0.29, 0.717) is 55.2 Å². The van der Waals surface area contributed by atoms with Crippen LogP contribution in [0.25, 0.3) is 11.2 Å². The highest BCUT2D eigenvalue weighted by Gasteiger charge is 2.29. The van der Waals surface area contributed by atoms with Gasteiger partial charge in [0, 0.05) is 26.7 Å². The number of nitrogens with zero attached hydrogens (tertiary/aromatic N) is 5. The number of unbranched alkanes of at least 4 members (excludes halogenated alkanes) is 1. The average molecular weight is 449 g/mol. The molecule has 0 saturated carbocycles. The Hall–Kier alpha value is -2.78. The lowest BCUT2D eigenvalue weighted by Gasteiger charge is -2.34. The second-order valence-corrected chi connectivity index (χ2v) is 9.12. The molecule has 0 aromatic carbocycles. The summed E-state index contributed by atoms with van der Waals surface area (Å²) in [6.45, 7) is 10.3. The van der Waals surface area contributed by atoms with Crippen molar-refractivity contribution in [3.05, 3.63) is 0 Å². The number of likely N-dealkylation sites (tertiary alicyclic amines) is 1. The SMILES string of the molecule is CCCCOc1nc(NC)c2nc(OC)n(C[C@H]3CCCN(C(=O)OC(C)(C)C)C3)c2n1. The van der Waals surface area contributed by atoms with E-state index >= 15 is 0 Å². The molecule has 1 saturated heterocycles. The fourth-order valence-electron chi connectivity index (χ4n) is 3.79. The minimum atomic E-state index is -0.511. The molecule has 1 aliphatic rings. The molecule has 0 bridgehead atoms. The fraction of sp³-hybridized carbons (Fsp3) is 0.727. The van der Waals surface area contributed by atoms with Crippen molar-refractivity contribution >= 4 is 23.1 Å². The minimum Gasteiger partial charge on any atom is -0.468 e. The van der Waals surface area contributed by atoms with Gasteiger partial charge in [-0.25, -0.2) is 4.79 Å². The van der Waals surface area contributed by atoms with Crippen LogP contribution in [0.3, 0.4) is 0 Å². The zero-order chi connectivity index (χ0) is 23.3. The predicted octanol–water partition coefficient (Wildman–Crippen LogP) is 3.70. The third kappa shape index (κ3) is 5.72. The summed E-state index contributed by atoms with van der Waals surface area (Å²) in [6.07, 6.45) is 3.60. The van der Waals surface area contributed by atoms with Crippen molar-refractivity contribution in [1.82, 2.24) is 24.4 Å². The van der Waals surface area contributed by atoms with E-state index in [1.165, 1.54) is 0 Å². The lowest BCUT2D eigenvalue weighted by Crippen LogP contribution is -2.43. The number of piperidine rings is 1. The van der Waals surface area contributed by atoms with Crippen molar-refractivity contribution in [2.45, 2.75) is 65.5 Å². The molecule has 1 fully saturated rings. The highest BCUT2D eigenvalue weighted by molar-refractivity contribution is 5.84. The Morgan fingerprint density at radius 1 is 1.25 bits per heavy atom. The normalized spacial score (nSPS) is 16.8. The molecule has 1 amide bonds. The van der Waals surface area contributed by atoms with Gasteiger partial charge in [-0.3, -0.25) is 4.57 Å². The van der Waals surface area contributed by atoms with E-state index in [2.05, 4.69) is 27.2 Å². The van der Waals surface area contributed by atoms with Crippen molar-refractivity contribution in [2.24, 2.45) is 5.92 Å². The molecule has 1 aliphatic heterocycles. The van der Waals surface area contributed by atoms with Gasteiger partial charge in [0.2, 0.25) is 0 Å². The first-order valence-corrected chi connectivity index (χ1v) is 11.4. The summed E-state index contributed by atoms with van der Waals surface area (Å²) < 4.78 is 18.8. The van der Waals surface area contributed by atoms with Crippen LogP contribution < -0.4 is 14.8 Å². The first kappa shape index (κ1) is 23.9. The second-order valence-electron chi connectivity index (χ2n) is 9.12. The van der Waals surface area contributed by atoms with E-state index in [-0.39, 0.29) is 12.0 Å². The number of rotatable bonds is 8. The van der Waals surface area contributed by atoms with E-state index < -0.39 is 5.60 Å². The van der Waals surface area contributed by atoms with Gasteiger partial charge in [-0.05, 0) is 46.0 Å². The highest BCUT2D eigenvalue weighted by Crippen LogP contribution is 2.29. The molecular formula is C22H36N6O4. The summed E-state index contributed by atoms with van der Waals surface area (Å²) in [6, 6.07) is 0.782. The van der Waals surface area contributed by atoms with Crippen molar-refractivity contribution in [2.75, 3.05) is 39.2 Å². The summed E-state index contributed by atoms with van der Waals surface area (Å²) in [5, 5.41) is 3.08. The molecule has 2 aromatic heterocycles. The summed E-state index contributed by atoms with van der Waals surface area (Å²) in [5.74, 6) is 0.817. The molecule has 2 aromatic rings. The summed E-state index contributed by atoms with van der Waals surface area (Å²) in [4.78, 5) is 28.0. The van der Waals surface area contributed by atoms with Crippen LogP contribution >= 0.6 is 0 Å². The number of aromatic nitrogens is 4. The molecule has 178 valence electrons. The smallest absolute Gasteiger partial charge is 0.410 e. The number of fused-ring (bicyclic) bond motifs is 1. The Bertz CT molecular complexity index is 923. The highest BCUT2D eigenvalue weighted by atomic mass is 16.6. The molecule has 0 radical (unpaired) electrons. The number of imidazole rings is 1. The number of ether oxygens (including phenoxy) is 3. The monoisotopic (exact) mass is 448 g/mol. The number of methoxy groups -OCH3 is 1. The van der Waals surface area contributed by atoms with Crippen LogP contribution in [0.4, 0.5) is 10.6 Å². The average Bonchev–Trinajstić information content (AvgIpc) is 3.10. The van der Waals surface area contributed by atoms with Crippen LogP contribution in [0.5, 0.6) is 12.0 Å². The lowest BCUT2D eigenvalue weighted by atomic mass is 9.98. The molecule has 10 heteroatoms. The van der Waals surface area contributed by atoms with Crippen molar-refractivity contribution in [1.29, 1.82) is 0 Å². The molecule has 1 N–H and O–H groups in total. The number of hydrogen-bond acceptors (Lipinski definition) is 8. The summed E-state index contributed by atoms with van der Waals surface area (Å²) >= 11 is 0. The summed E-state index contributed by atoms with van der Waals surface area (Å²) in [7, 11) is 3.39. The Kier molecular flexibility index (Phi) is 7.63. The van der Waals surface area contributed by atoms with Gasteiger partial charge in [0.1, 0.15) is 5.60 Å². The Labute approximate surface area is 189 Å². The van der Waals surface area contributed by atoms with E-state index in [1.807, 2.05) is 25.3 Å². The van der Waals surface area contributed by atoms with Gasteiger partial charge in [-0.2, -0.15) is 15.0 Å². The third-order valence-corrected chi connectivity index (χ3v) is 5.30. The largest absolute Gasteiger partial charge is 0.468 e. The number of amides is 1. The second kappa shape index (κ2) is 10.2.